The summed E-state index contributed by atoms with van der Waals surface area (Å²) in [5.74, 6) is 0. The maximum absolute atomic E-state index is 5.81. The van der Waals surface area contributed by atoms with E-state index in [0.717, 1.165) is 38.0 Å². The first-order valence-corrected chi connectivity index (χ1v) is 6.19. The average Bonchev–Trinajstić information content (AvgIpc) is 2.98. The van der Waals surface area contributed by atoms with E-state index in [1.165, 1.54) is 5.70 Å². The van der Waals surface area contributed by atoms with Gasteiger partial charge in [0.1, 0.15) is 0 Å². The zero-order chi connectivity index (χ0) is 12.1. The van der Waals surface area contributed by atoms with E-state index in [2.05, 4.69) is 33.8 Å². The fourth-order valence-corrected chi connectivity index (χ4v) is 2.10. The number of ether oxygens (including phenoxy) is 1. The molecule has 2 rings (SSSR count). The normalized spacial score (nSPS) is 19.8. The Kier molecular flexibility index (Phi) is 4.14. The molecule has 1 aromatic rings. The molecule has 5 heteroatoms. The fraction of sp³-hybridized carbons (Fsp3) is 0.667. The van der Waals surface area contributed by atoms with Crippen molar-refractivity contribution in [1.29, 1.82) is 0 Å². The quantitative estimate of drug-likeness (QED) is 0.817. The molecule has 0 saturated carbocycles. The standard InChI is InChI=1S/C12H20N4O/c1-3-4-10(2)16-6-5-12(8-16)17-9-11-7-13-15-14-11/h7,12H,2-6,8-9H2,1H3,(H,13,14,15). The van der Waals surface area contributed by atoms with E-state index in [0.29, 0.717) is 12.7 Å². The van der Waals surface area contributed by atoms with Crippen molar-refractivity contribution in [2.45, 2.75) is 38.9 Å². The van der Waals surface area contributed by atoms with Crippen LogP contribution >= 0.6 is 0 Å². The summed E-state index contributed by atoms with van der Waals surface area (Å²) in [7, 11) is 0. The SMILES string of the molecule is C=C(CCC)N1CCC(OCc2cnn[nH]2)C1. The maximum Gasteiger partial charge on any atom is 0.0903 e. The van der Waals surface area contributed by atoms with Gasteiger partial charge in [0, 0.05) is 18.8 Å². The molecule has 0 aliphatic carbocycles. The van der Waals surface area contributed by atoms with Crippen molar-refractivity contribution >= 4 is 0 Å². The highest BCUT2D eigenvalue weighted by Crippen LogP contribution is 2.20. The van der Waals surface area contributed by atoms with Crippen molar-refractivity contribution in [3.05, 3.63) is 24.2 Å². The fourth-order valence-electron chi connectivity index (χ4n) is 2.10. The highest BCUT2D eigenvalue weighted by molar-refractivity contribution is 4.98. The summed E-state index contributed by atoms with van der Waals surface area (Å²) < 4.78 is 5.81. The lowest BCUT2D eigenvalue weighted by molar-refractivity contribution is 0.0466. The van der Waals surface area contributed by atoms with Crippen molar-refractivity contribution in [3.8, 4) is 0 Å². The van der Waals surface area contributed by atoms with Crippen LogP contribution in [-0.4, -0.2) is 39.5 Å². The Hall–Kier alpha value is -1.36. The van der Waals surface area contributed by atoms with Crippen LogP contribution < -0.4 is 0 Å². The number of nitrogens with zero attached hydrogens (tertiary/aromatic N) is 3. The zero-order valence-corrected chi connectivity index (χ0v) is 10.4. The van der Waals surface area contributed by atoms with Crippen LogP contribution in [0, 0.1) is 0 Å². The number of aromatic nitrogens is 3. The van der Waals surface area contributed by atoms with E-state index >= 15 is 0 Å². The van der Waals surface area contributed by atoms with Gasteiger partial charge in [-0.15, -0.1) is 5.10 Å². The van der Waals surface area contributed by atoms with Gasteiger partial charge in [0.15, 0.2) is 0 Å². The van der Waals surface area contributed by atoms with E-state index < -0.39 is 0 Å². The van der Waals surface area contributed by atoms with Crippen LogP contribution in [0.3, 0.4) is 0 Å². The number of hydrogen-bond acceptors (Lipinski definition) is 4. The molecule has 0 amide bonds. The summed E-state index contributed by atoms with van der Waals surface area (Å²) in [6, 6.07) is 0. The molecule has 0 aromatic carbocycles. The Morgan fingerprint density at radius 1 is 1.71 bits per heavy atom. The number of hydrogen-bond donors (Lipinski definition) is 1. The highest BCUT2D eigenvalue weighted by atomic mass is 16.5. The molecule has 1 aliphatic rings. The summed E-state index contributed by atoms with van der Waals surface area (Å²) in [5.41, 5.74) is 2.16. The Balaban J connectivity index is 1.72. The topological polar surface area (TPSA) is 54.0 Å². The lowest BCUT2D eigenvalue weighted by Crippen LogP contribution is -2.22. The lowest BCUT2D eigenvalue weighted by Gasteiger charge is -2.20. The first kappa shape index (κ1) is 12.1. The molecule has 17 heavy (non-hydrogen) atoms. The van der Waals surface area contributed by atoms with Gasteiger partial charge >= 0.3 is 0 Å². The van der Waals surface area contributed by atoms with Crippen LogP contribution in [0.5, 0.6) is 0 Å². The Labute approximate surface area is 102 Å². The number of rotatable bonds is 6. The Bertz CT molecular complexity index is 349. The molecular formula is C12H20N4O. The number of nitrogens with one attached hydrogen (secondary N) is 1. The van der Waals surface area contributed by atoms with Crippen LogP contribution in [0.15, 0.2) is 18.5 Å². The Morgan fingerprint density at radius 3 is 3.29 bits per heavy atom. The minimum Gasteiger partial charge on any atom is -0.373 e. The minimum absolute atomic E-state index is 0.298. The summed E-state index contributed by atoms with van der Waals surface area (Å²) in [6.45, 7) is 8.88. The van der Waals surface area contributed by atoms with Gasteiger partial charge in [0.2, 0.25) is 0 Å². The first-order chi connectivity index (χ1) is 8.29. The second-order valence-corrected chi connectivity index (χ2v) is 4.47. The molecule has 5 nitrogen and oxygen atoms in total. The monoisotopic (exact) mass is 236 g/mol. The third-order valence-corrected chi connectivity index (χ3v) is 3.07. The van der Waals surface area contributed by atoms with Crippen molar-refractivity contribution < 1.29 is 4.74 Å². The molecule has 0 radical (unpaired) electrons. The molecule has 1 aromatic heterocycles. The van der Waals surface area contributed by atoms with Crippen LogP contribution in [0.1, 0.15) is 31.9 Å². The van der Waals surface area contributed by atoms with Crippen molar-refractivity contribution in [2.24, 2.45) is 0 Å². The van der Waals surface area contributed by atoms with Gasteiger partial charge in [-0.2, -0.15) is 0 Å². The predicted molar refractivity (Wildman–Crippen MR) is 65.2 cm³/mol. The number of H-pyrrole nitrogens is 1. The van der Waals surface area contributed by atoms with E-state index in [4.69, 9.17) is 4.74 Å². The average molecular weight is 236 g/mol. The summed E-state index contributed by atoms with van der Waals surface area (Å²) >= 11 is 0. The molecule has 1 aliphatic heterocycles. The molecule has 0 bridgehead atoms. The lowest BCUT2D eigenvalue weighted by atomic mass is 10.2. The number of likely N-dealkylation sites (tertiary alicyclic amines) is 1. The molecular weight excluding hydrogens is 216 g/mol. The smallest absolute Gasteiger partial charge is 0.0903 e. The van der Waals surface area contributed by atoms with E-state index in [1.807, 2.05) is 0 Å². The number of aromatic amines is 1. The maximum atomic E-state index is 5.81. The molecule has 2 heterocycles. The molecule has 1 saturated heterocycles. The van der Waals surface area contributed by atoms with Crippen molar-refractivity contribution in [2.75, 3.05) is 13.1 Å². The van der Waals surface area contributed by atoms with Gasteiger partial charge < -0.3 is 9.64 Å². The first-order valence-electron chi connectivity index (χ1n) is 6.19. The second-order valence-electron chi connectivity index (χ2n) is 4.47. The van der Waals surface area contributed by atoms with Gasteiger partial charge in [-0.1, -0.05) is 25.1 Å². The molecule has 1 atom stereocenters. The minimum atomic E-state index is 0.298. The van der Waals surface area contributed by atoms with Gasteiger partial charge in [0.05, 0.1) is 24.6 Å². The Morgan fingerprint density at radius 2 is 2.59 bits per heavy atom. The molecule has 94 valence electrons. The van der Waals surface area contributed by atoms with E-state index in [1.54, 1.807) is 6.20 Å². The van der Waals surface area contributed by atoms with E-state index in [-0.39, 0.29) is 0 Å². The second kappa shape index (κ2) is 5.82. The molecule has 1 unspecified atom stereocenters. The summed E-state index contributed by atoms with van der Waals surface area (Å²) in [5, 5.41) is 10.2. The van der Waals surface area contributed by atoms with Gasteiger partial charge in [0.25, 0.3) is 0 Å². The third-order valence-electron chi connectivity index (χ3n) is 3.07. The molecule has 1 N–H and O–H groups in total. The van der Waals surface area contributed by atoms with Crippen LogP contribution in [0.25, 0.3) is 0 Å². The predicted octanol–water partition coefficient (Wildman–Crippen LogP) is 1.71. The molecule has 0 spiro atoms. The van der Waals surface area contributed by atoms with E-state index in [9.17, 15) is 0 Å². The van der Waals surface area contributed by atoms with Crippen LogP contribution in [0.4, 0.5) is 0 Å². The zero-order valence-electron chi connectivity index (χ0n) is 10.4. The molecule has 1 fully saturated rings. The highest BCUT2D eigenvalue weighted by Gasteiger charge is 2.23. The largest absolute Gasteiger partial charge is 0.373 e. The van der Waals surface area contributed by atoms with Gasteiger partial charge in [-0.3, -0.25) is 5.10 Å². The summed E-state index contributed by atoms with van der Waals surface area (Å²) in [4.78, 5) is 2.33. The van der Waals surface area contributed by atoms with Crippen molar-refractivity contribution in [1.82, 2.24) is 20.3 Å². The van der Waals surface area contributed by atoms with Crippen molar-refractivity contribution in [3.63, 3.8) is 0 Å². The summed E-state index contributed by atoms with van der Waals surface area (Å²) in [6.07, 6.45) is 5.30. The van der Waals surface area contributed by atoms with Crippen LogP contribution in [0.2, 0.25) is 0 Å². The number of allylic oxidation sites excluding steroid dienone is 1. The van der Waals surface area contributed by atoms with Crippen LogP contribution in [-0.2, 0) is 11.3 Å². The van der Waals surface area contributed by atoms with Gasteiger partial charge in [-0.25, -0.2) is 0 Å². The van der Waals surface area contributed by atoms with Gasteiger partial charge in [-0.05, 0) is 12.8 Å². The third kappa shape index (κ3) is 3.30.